The Labute approximate surface area is 167 Å². The monoisotopic (exact) mass is 414 g/mol. The summed E-state index contributed by atoms with van der Waals surface area (Å²) >= 11 is 0. The first-order valence-electron chi connectivity index (χ1n) is 11.5. The minimum Gasteiger partial charge on any atom is -0.436 e. The topological polar surface area (TPSA) is 18.5 Å². The fraction of sp³-hybridized carbons (Fsp3) is 1.00. The summed E-state index contributed by atoms with van der Waals surface area (Å²) in [4.78, 5) is 0. The van der Waals surface area contributed by atoms with E-state index in [2.05, 4.69) is 46.6 Å². The molecule has 2 aliphatic carbocycles. The molecule has 0 aromatic carbocycles. The summed E-state index contributed by atoms with van der Waals surface area (Å²) in [6, 6.07) is 0. The van der Waals surface area contributed by atoms with Crippen molar-refractivity contribution in [2.75, 3.05) is 0 Å². The molecule has 5 heteroatoms. The molecule has 0 heterocycles. The Bertz CT molecular complexity index is 403. The maximum Gasteiger partial charge on any atom is 0.324 e. The van der Waals surface area contributed by atoms with E-state index >= 15 is 0 Å². The van der Waals surface area contributed by atoms with Crippen molar-refractivity contribution in [3.8, 4) is 0 Å². The number of hydrogen-bond acceptors (Lipinski definition) is 2. The van der Waals surface area contributed by atoms with Gasteiger partial charge in [-0.05, 0) is 64.0 Å². The predicted octanol–water partition coefficient (Wildman–Crippen LogP) is 7.97. The van der Waals surface area contributed by atoms with E-state index in [1.54, 1.807) is 0 Å². The van der Waals surface area contributed by atoms with Crippen molar-refractivity contribution >= 4 is 25.2 Å². The molecule has 0 radical (unpaired) electrons. The van der Waals surface area contributed by atoms with Crippen LogP contribution in [0.15, 0.2) is 0 Å². The van der Waals surface area contributed by atoms with E-state index in [4.69, 9.17) is 8.23 Å². The van der Waals surface area contributed by atoms with Crippen molar-refractivity contribution in [2.24, 2.45) is 0 Å². The smallest absolute Gasteiger partial charge is 0.324 e. The fourth-order valence-electron chi connectivity index (χ4n) is 5.18. The Hall–Kier alpha value is 0.571. The molecular weight excluding hydrogens is 368 g/mol. The average molecular weight is 415 g/mol. The van der Waals surface area contributed by atoms with E-state index in [-0.39, 0.29) is 0 Å². The molecule has 0 saturated heterocycles. The van der Waals surface area contributed by atoms with E-state index in [1.165, 1.54) is 70.6 Å². The Morgan fingerprint density at radius 2 is 1.15 bits per heavy atom. The van der Waals surface area contributed by atoms with Gasteiger partial charge in [-0.15, -0.1) is 0 Å². The van der Waals surface area contributed by atoms with Crippen LogP contribution in [0.4, 0.5) is 0 Å². The van der Waals surface area contributed by atoms with Gasteiger partial charge in [0.2, 0.25) is 0 Å². The van der Waals surface area contributed by atoms with Gasteiger partial charge in [-0.2, -0.15) is 0 Å². The van der Waals surface area contributed by atoms with Gasteiger partial charge >= 0.3 is 8.56 Å². The van der Waals surface area contributed by atoms with E-state index in [9.17, 15) is 0 Å². The SMILES string of the molecule is CCC(C)[Si](C)(C)O[Si](O[Si](C)(C)C)(C1CCCCC1)C1CCCCC1. The van der Waals surface area contributed by atoms with Gasteiger partial charge in [-0.25, -0.2) is 0 Å². The molecule has 2 aliphatic rings. The van der Waals surface area contributed by atoms with E-state index < -0.39 is 25.2 Å². The third-order valence-electron chi connectivity index (χ3n) is 7.04. The lowest BCUT2D eigenvalue weighted by molar-refractivity contribution is 0.281. The Morgan fingerprint density at radius 3 is 1.50 bits per heavy atom. The molecule has 1 unspecified atom stereocenters. The van der Waals surface area contributed by atoms with Gasteiger partial charge in [0, 0.05) is 11.1 Å². The highest BCUT2D eigenvalue weighted by Crippen LogP contribution is 2.52. The van der Waals surface area contributed by atoms with Crippen LogP contribution in [0.25, 0.3) is 0 Å². The van der Waals surface area contributed by atoms with Gasteiger partial charge in [-0.3, -0.25) is 0 Å². The molecule has 1 atom stereocenters. The van der Waals surface area contributed by atoms with E-state index in [1.807, 2.05) is 0 Å². The van der Waals surface area contributed by atoms with Crippen LogP contribution in [0.3, 0.4) is 0 Å². The number of hydrogen-bond donors (Lipinski definition) is 0. The summed E-state index contributed by atoms with van der Waals surface area (Å²) in [7, 11) is -5.62. The van der Waals surface area contributed by atoms with Crippen molar-refractivity contribution in [3.63, 3.8) is 0 Å². The first kappa shape index (κ1) is 22.9. The zero-order valence-electron chi connectivity index (χ0n) is 18.8. The largest absolute Gasteiger partial charge is 0.436 e. The van der Waals surface area contributed by atoms with Crippen LogP contribution in [0.1, 0.15) is 84.5 Å². The Kier molecular flexibility index (Phi) is 8.24. The van der Waals surface area contributed by atoms with Crippen molar-refractivity contribution in [1.29, 1.82) is 0 Å². The lowest BCUT2D eigenvalue weighted by atomic mass is 9.99. The summed E-state index contributed by atoms with van der Waals surface area (Å²) in [6.45, 7) is 17.0. The van der Waals surface area contributed by atoms with Crippen LogP contribution >= 0.6 is 0 Å². The quantitative estimate of drug-likeness (QED) is 0.375. The maximum absolute atomic E-state index is 7.52. The molecule has 2 saturated carbocycles. The summed E-state index contributed by atoms with van der Waals surface area (Å²) in [5.41, 5.74) is 2.22. The van der Waals surface area contributed by atoms with Crippen molar-refractivity contribution < 1.29 is 8.23 Å². The van der Waals surface area contributed by atoms with E-state index in [0.29, 0.717) is 5.54 Å². The summed E-state index contributed by atoms with van der Waals surface area (Å²) in [5.74, 6) is 0. The van der Waals surface area contributed by atoms with Crippen molar-refractivity contribution in [1.82, 2.24) is 0 Å². The highest BCUT2D eigenvalue weighted by atomic mass is 28.5. The highest BCUT2D eigenvalue weighted by molar-refractivity contribution is 6.90. The Morgan fingerprint density at radius 1 is 0.731 bits per heavy atom. The van der Waals surface area contributed by atoms with Gasteiger partial charge in [0.05, 0.1) is 0 Å². The molecule has 0 bridgehead atoms. The minimum atomic E-state index is -2.22. The van der Waals surface area contributed by atoms with Gasteiger partial charge in [0.15, 0.2) is 16.6 Å². The Balaban J connectivity index is 2.43. The molecule has 0 amide bonds. The molecule has 0 aliphatic heterocycles. The fourth-order valence-corrected chi connectivity index (χ4v) is 20.4. The molecule has 0 spiro atoms. The normalized spacial score (nSPS) is 23.2. The number of rotatable bonds is 8. The third kappa shape index (κ3) is 5.79. The second kappa shape index (κ2) is 9.38. The molecule has 26 heavy (non-hydrogen) atoms. The molecule has 2 fully saturated rings. The lowest BCUT2D eigenvalue weighted by Gasteiger charge is -2.52. The predicted molar refractivity (Wildman–Crippen MR) is 122 cm³/mol. The molecule has 154 valence electrons. The van der Waals surface area contributed by atoms with Gasteiger partial charge in [0.1, 0.15) is 0 Å². The summed E-state index contributed by atoms with van der Waals surface area (Å²) in [6.07, 6.45) is 15.2. The van der Waals surface area contributed by atoms with Crippen molar-refractivity contribution in [3.05, 3.63) is 0 Å². The van der Waals surface area contributed by atoms with Crippen LogP contribution in [0.2, 0.25) is 49.4 Å². The highest BCUT2D eigenvalue weighted by Gasteiger charge is 2.56. The van der Waals surface area contributed by atoms with Gasteiger partial charge in [0.25, 0.3) is 0 Å². The average Bonchev–Trinajstić information content (AvgIpc) is 2.60. The van der Waals surface area contributed by atoms with Crippen LogP contribution in [0.5, 0.6) is 0 Å². The second-order valence-electron chi connectivity index (χ2n) is 10.6. The van der Waals surface area contributed by atoms with Crippen molar-refractivity contribution in [2.45, 2.75) is 134 Å². The van der Waals surface area contributed by atoms with E-state index in [0.717, 1.165) is 11.1 Å². The maximum atomic E-state index is 7.52. The minimum absolute atomic E-state index is 0.715. The molecule has 2 rings (SSSR count). The van der Waals surface area contributed by atoms with Gasteiger partial charge in [-0.1, -0.05) is 58.8 Å². The van der Waals surface area contributed by atoms with Crippen LogP contribution in [-0.4, -0.2) is 25.2 Å². The standard InChI is InChI=1S/C21H46O2Si3/c1-8-19(2)25(6,7)23-26(22-24(3,4)5,20-15-11-9-12-16-20)21-17-13-10-14-18-21/h19-21H,8-18H2,1-7H3. The first-order chi connectivity index (χ1) is 12.1. The van der Waals surface area contributed by atoms with Gasteiger partial charge < -0.3 is 8.23 Å². The first-order valence-corrected chi connectivity index (χ1v) is 19.9. The van der Waals surface area contributed by atoms with Crippen LogP contribution in [-0.2, 0) is 8.23 Å². The molecular formula is C21H46O2Si3. The molecule has 0 aromatic rings. The lowest BCUT2D eigenvalue weighted by Crippen LogP contribution is -2.62. The van der Waals surface area contributed by atoms with Crippen LogP contribution < -0.4 is 0 Å². The van der Waals surface area contributed by atoms with Crippen LogP contribution in [0, 0.1) is 0 Å². The summed E-state index contributed by atoms with van der Waals surface area (Å²) < 4.78 is 14.8. The second-order valence-corrected chi connectivity index (χ2v) is 23.7. The molecule has 0 aromatic heterocycles. The zero-order valence-corrected chi connectivity index (χ0v) is 21.8. The zero-order chi connectivity index (χ0) is 19.4. The molecule has 0 N–H and O–H groups in total. The third-order valence-corrected chi connectivity index (χ3v) is 20.4. The molecule has 2 nitrogen and oxygen atoms in total. The summed E-state index contributed by atoms with van der Waals surface area (Å²) in [5, 5.41) is 0.